The molecule has 2 N–H and O–H groups in total. The van der Waals surface area contributed by atoms with Gasteiger partial charge < -0.3 is 10.2 Å². The summed E-state index contributed by atoms with van der Waals surface area (Å²) in [4.78, 5) is 24.3. The fraction of sp³-hybridized carbons (Fsp3) is 0.667. The van der Waals surface area contributed by atoms with E-state index in [1.54, 1.807) is 10.5 Å². The van der Waals surface area contributed by atoms with Crippen molar-refractivity contribution < 1.29 is 54.6 Å². The molecule has 1 aromatic heterocycles. The second kappa shape index (κ2) is 13.4. The van der Waals surface area contributed by atoms with Gasteiger partial charge in [0.2, 0.25) is 10.0 Å². The molecule has 0 spiro atoms. The Labute approximate surface area is 210 Å². The van der Waals surface area contributed by atoms with Crippen LogP contribution >= 0.6 is 0 Å². The standard InChI is InChI=1S/C17H27N3O2S.2C2HF3O2/c1-14(2)11-20-13-16-5-8-19(9-6-17(16)23(20,21)22)12-15-4-3-7-18-10-15;2*3-2(4,5)1(6)7/h3-4,7,10,14,16-17H,5-6,8-9,11-13H2,1-2H3;2*(H,6,7)/t16-,17-;;/m1../s1. The van der Waals surface area contributed by atoms with Crippen LogP contribution < -0.4 is 0 Å². The normalized spacial score (nSPS) is 22.1. The zero-order valence-corrected chi connectivity index (χ0v) is 20.9. The maximum atomic E-state index is 12.8. The van der Waals surface area contributed by atoms with E-state index in [2.05, 4.69) is 29.8 Å². The molecule has 0 aliphatic carbocycles. The van der Waals surface area contributed by atoms with E-state index in [9.17, 15) is 34.8 Å². The molecular formula is C21H29F6N3O6S. The predicted octanol–water partition coefficient (Wildman–Crippen LogP) is 3.23. The monoisotopic (exact) mass is 565 g/mol. The summed E-state index contributed by atoms with van der Waals surface area (Å²) in [5.74, 6) is -4.84. The molecule has 2 aliphatic rings. The number of hydrogen-bond donors (Lipinski definition) is 2. The van der Waals surface area contributed by atoms with Crippen molar-refractivity contribution in [2.24, 2.45) is 11.8 Å². The zero-order chi connectivity index (χ0) is 28.6. The fourth-order valence-electron chi connectivity index (χ4n) is 3.84. The highest BCUT2D eigenvalue weighted by Crippen LogP contribution is 2.35. The quantitative estimate of drug-likeness (QED) is 0.533. The molecule has 0 saturated carbocycles. The fourth-order valence-corrected chi connectivity index (χ4v) is 6.24. The van der Waals surface area contributed by atoms with Crippen LogP contribution in [0.1, 0.15) is 32.3 Å². The number of hydrogen-bond acceptors (Lipinski definition) is 6. The van der Waals surface area contributed by atoms with Gasteiger partial charge >= 0.3 is 24.3 Å². The smallest absolute Gasteiger partial charge is 0.475 e. The van der Waals surface area contributed by atoms with E-state index in [4.69, 9.17) is 19.8 Å². The highest BCUT2D eigenvalue weighted by Gasteiger charge is 2.46. The Morgan fingerprint density at radius 3 is 2.00 bits per heavy atom. The number of carbonyl (C=O) groups is 2. The van der Waals surface area contributed by atoms with Crippen LogP contribution in [0.3, 0.4) is 0 Å². The summed E-state index contributed by atoms with van der Waals surface area (Å²) >= 11 is 0. The predicted molar refractivity (Wildman–Crippen MR) is 119 cm³/mol. The first kappa shape index (κ1) is 32.6. The maximum Gasteiger partial charge on any atom is 0.490 e. The SMILES string of the molecule is CC(C)CN1C[C@H]2CCN(Cc3cccnc3)CC[C@H]2S1(=O)=O.O=C(O)C(F)(F)F.O=C(O)C(F)(F)F. The van der Waals surface area contributed by atoms with Gasteiger partial charge in [-0.25, -0.2) is 22.3 Å². The number of halogens is 6. The topological polar surface area (TPSA) is 128 Å². The van der Waals surface area contributed by atoms with Gasteiger partial charge in [0.25, 0.3) is 0 Å². The number of alkyl halides is 6. The van der Waals surface area contributed by atoms with E-state index >= 15 is 0 Å². The van der Waals surface area contributed by atoms with Crippen LogP contribution in [0.25, 0.3) is 0 Å². The minimum Gasteiger partial charge on any atom is -0.475 e. The molecule has 2 fully saturated rings. The third-order valence-electron chi connectivity index (χ3n) is 5.44. The van der Waals surface area contributed by atoms with E-state index in [1.807, 2.05) is 12.3 Å². The van der Waals surface area contributed by atoms with E-state index in [-0.39, 0.29) is 11.2 Å². The van der Waals surface area contributed by atoms with Crippen molar-refractivity contribution in [3.8, 4) is 0 Å². The lowest BCUT2D eigenvalue weighted by molar-refractivity contribution is -0.193. The van der Waals surface area contributed by atoms with Gasteiger partial charge in [0.15, 0.2) is 0 Å². The molecule has 0 radical (unpaired) electrons. The van der Waals surface area contributed by atoms with Crippen molar-refractivity contribution >= 4 is 22.0 Å². The lowest BCUT2D eigenvalue weighted by Crippen LogP contribution is -2.34. The zero-order valence-electron chi connectivity index (χ0n) is 20.0. The maximum absolute atomic E-state index is 12.8. The number of pyridine rings is 1. The average molecular weight is 566 g/mol. The van der Waals surface area contributed by atoms with Gasteiger partial charge in [-0.15, -0.1) is 0 Å². The number of sulfonamides is 1. The first-order valence-electron chi connectivity index (χ1n) is 11.1. The number of aromatic nitrogens is 1. The number of carboxylic acid groups (broad SMARTS) is 2. The molecule has 0 amide bonds. The molecule has 3 rings (SSSR count). The third kappa shape index (κ3) is 10.8. The number of aliphatic carboxylic acids is 2. The van der Waals surface area contributed by atoms with Gasteiger partial charge in [0.1, 0.15) is 0 Å². The molecule has 0 unspecified atom stereocenters. The Balaban J connectivity index is 0.000000404. The van der Waals surface area contributed by atoms with Crippen LogP contribution in [-0.4, -0.2) is 88.5 Å². The van der Waals surface area contributed by atoms with Crippen LogP contribution in [0, 0.1) is 11.8 Å². The Kier molecular flexibility index (Phi) is 11.8. The summed E-state index contributed by atoms with van der Waals surface area (Å²) in [5, 5.41) is 14.1. The molecule has 1 aromatic rings. The van der Waals surface area contributed by atoms with Gasteiger partial charge in [-0.2, -0.15) is 26.3 Å². The Morgan fingerprint density at radius 1 is 1.05 bits per heavy atom. The lowest BCUT2D eigenvalue weighted by Gasteiger charge is -2.22. The second-order valence-corrected chi connectivity index (χ2v) is 11.0. The Morgan fingerprint density at radius 2 is 1.57 bits per heavy atom. The van der Waals surface area contributed by atoms with Crippen molar-refractivity contribution in [2.75, 3.05) is 26.2 Å². The van der Waals surface area contributed by atoms with Crippen LogP contribution in [0.5, 0.6) is 0 Å². The van der Waals surface area contributed by atoms with Gasteiger partial charge in [-0.05, 0) is 49.4 Å². The molecular weight excluding hydrogens is 536 g/mol. The van der Waals surface area contributed by atoms with Gasteiger partial charge in [-0.1, -0.05) is 19.9 Å². The third-order valence-corrected chi connectivity index (χ3v) is 7.84. The molecule has 3 heterocycles. The van der Waals surface area contributed by atoms with Crippen LogP contribution in [0.4, 0.5) is 26.3 Å². The molecule has 2 saturated heterocycles. The van der Waals surface area contributed by atoms with E-state index in [0.717, 1.165) is 32.5 Å². The molecule has 212 valence electrons. The minimum absolute atomic E-state index is 0.180. The van der Waals surface area contributed by atoms with Crippen LogP contribution in [0.15, 0.2) is 24.5 Å². The van der Waals surface area contributed by atoms with Crippen LogP contribution in [-0.2, 0) is 26.2 Å². The number of nitrogens with zero attached hydrogens (tertiary/aromatic N) is 3. The van der Waals surface area contributed by atoms with Crippen molar-refractivity contribution in [2.45, 2.75) is 50.8 Å². The minimum atomic E-state index is -5.08. The van der Waals surface area contributed by atoms with Gasteiger partial charge in [-0.3, -0.25) is 9.88 Å². The average Bonchev–Trinajstić information content (AvgIpc) is 2.88. The molecule has 16 heteroatoms. The molecule has 37 heavy (non-hydrogen) atoms. The first-order valence-corrected chi connectivity index (χ1v) is 12.6. The summed E-state index contributed by atoms with van der Waals surface area (Å²) in [6, 6.07) is 4.04. The Bertz CT molecular complexity index is 965. The van der Waals surface area contributed by atoms with E-state index in [0.29, 0.717) is 19.0 Å². The molecule has 0 bridgehead atoms. The van der Waals surface area contributed by atoms with Gasteiger partial charge in [0.05, 0.1) is 5.25 Å². The molecule has 2 aliphatic heterocycles. The highest BCUT2D eigenvalue weighted by molar-refractivity contribution is 7.90. The molecule has 2 atom stereocenters. The second-order valence-electron chi connectivity index (χ2n) is 8.87. The van der Waals surface area contributed by atoms with Crippen molar-refractivity contribution in [3.05, 3.63) is 30.1 Å². The number of likely N-dealkylation sites (tertiary alicyclic amines) is 1. The first-order chi connectivity index (χ1) is 16.9. The largest absolute Gasteiger partial charge is 0.490 e. The highest BCUT2D eigenvalue weighted by atomic mass is 32.2. The molecule has 9 nitrogen and oxygen atoms in total. The summed E-state index contributed by atoms with van der Waals surface area (Å²) in [6.45, 7) is 8.23. The van der Waals surface area contributed by atoms with Crippen molar-refractivity contribution in [1.82, 2.24) is 14.2 Å². The van der Waals surface area contributed by atoms with Crippen LogP contribution in [0.2, 0.25) is 0 Å². The summed E-state index contributed by atoms with van der Waals surface area (Å²) in [7, 11) is -3.11. The lowest BCUT2D eigenvalue weighted by atomic mass is 10.0. The molecule has 0 aromatic carbocycles. The summed E-state index contributed by atoms with van der Waals surface area (Å²) in [5.41, 5.74) is 1.20. The summed E-state index contributed by atoms with van der Waals surface area (Å²) < 4.78 is 90.8. The summed E-state index contributed by atoms with van der Waals surface area (Å²) in [6.07, 6.45) is -4.76. The van der Waals surface area contributed by atoms with Crippen molar-refractivity contribution in [3.63, 3.8) is 0 Å². The van der Waals surface area contributed by atoms with Crippen molar-refractivity contribution in [1.29, 1.82) is 0 Å². The van der Waals surface area contributed by atoms with E-state index < -0.39 is 34.3 Å². The van der Waals surface area contributed by atoms with Gasteiger partial charge in [0, 0.05) is 32.0 Å². The number of fused-ring (bicyclic) bond motifs is 1. The van der Waals surface area contributed by atoms with E-state index in [1.165, 1.54) is 5.56 Å². The number of carboxylic acids is 2. The Hall–Kier alpha value is -2.46. The number of rotatable bonds is 4.